The van der Waals surface area contributed by atoms with Crippen molar-refractivity contribution < 1.29 is 33.0 Å². The number of carboxylic acid groups (broad SMARTS) is 1. The van der Waals surface area contributed by atoms with Crippen molar-refractivity contribution in [3.8, 4) is 11.1 Å². The van der Waals surface area contributed by atoms with Crippen LogP contribution >= 0.6 is 0 Å². The number of ether oxygens (including phenoxy) is 1. The van der Waals surface area contributed by atoms with E-state index in [9.17, 15) is 23.2 Å². The van der Waals surface area contributed by atoms with Crippen molar-refractivity contribution in [2.75, 3.05) is 26.2 Å². The second-order valence-electron chi connectivity index (χ2n) is 8.21. The molecule has 0 aromatic heterocycles. The summed E-state index contributed by atoms with van der Waals surface area (Å²) in [5.41, 5.74) is 4.21. The van der Waals surface area contributed by atoms with Crippen LogP contribution in [0.1, 0.15) is 24.0 Å². The highest BCUT2D eigenvalue weighted by Gasteiger charge is 2.72. The van der Waals surface area contributed by atoms with Crippen molar-refractivity contribution in [1.82, 2.24) is 10.2 Å². The molecular weight excluding hydrogens is 434 g/mol. The molecule has 2 aliphatic carbocycles. The fourth-order valence-electron chi connectivity index (χ4n) is 4.53. The number of amides is 2. The van der Waals surface area contributed by atoms with Gasteiger partial charge in [0.15, 0.2) is 0 Å². The minimum Gasteiger partial charge on any atom is -0.480 e. The maximum atomic E-state index is 14.2. The van der Waals surface area contributed by atoms with E-state index in [2.05, 4.69) is 5.32 Å². The number of nitrogens with zero attached hydrogens (tertiary/aromatic N) is 1. The number of hydrogen-bond acceptors (Lipinski definition) is 4. The zero-order valence-corrected chi connectivity index (χ0v) is 18.0. The van der Waals surface area contributed by atoms with Gasteiger partial charge in [-0.2, -0.15) is 0 Å². The summed E-state index contributed by atoms with van der Waals surface area (Å²) in [6.07, 6.45) is -0.844. The first-order valence-corrected chi connectivity index (χ1v) is 10.7. The van der Waals surface area contributed by atoms with Crippen molar-refractivity contribution in [3.63, 3.8) is 0 Å². The van der Waals surface area contributed by atoms with Crippen molar-refractivity contribution in [2.24, 2.45) is 11.8 Å². The summed E-state index contributed by atoms with van der Waals surface area (Å²) >= 11 is 0. The highest BCUT2D eigenvalue weighted by Crippen LogP contribution is 2.55. The largest absolute Gasteiger partial charge is 0.480 e. The Morgan fingerprint density at radius 3 is 2.18 bits per heavy atom. The second kappa shape index (κ2) is 8.80. The van der Waals surface area contributed by atoms with Crippen molar-refractivity contribution in [3.05, 3.63) is 59.7 Å². The van der Waals surface area contributed by atoms with Gasteiger partial charge in [-0.25, -0.2) is 13.6 Å². The minimum absolute atomic E-state index is 0.00421. The van der Waals surface area contributed by atoms with Crippen LogP contribution in [-0.4, -0.2) is 60.1 Å². The lowest BCUT2D eigenvalue weighted by atomic mass is 9.98. The SMILES string of the molecule is CCN(CC(=O)O)C(=O)[C@@H]1[C@H](CNC(=O)OCC2c3ccccc3-c3ccccc32)C1(F)F. The minimum atomic E-state index is -3.31. The molecule has 0 unspecified atom stereocenters. The van der Waals surface area contributed by atoms with Crippen molar-refractivity contribution in [1.29, 1.82) is 0 Å². The summed E-state index contributed by atoms with van der Waals surface area (Å²) in [5.74, 6) is -8.71. The Hall–Kier alpha value is -3.49. The number of aliphatic carboxylic acids is 1. The van der Waals surface area contributed by atoms with E-state index in [0.29, 0.717) is 0 Å². The lowest BCUT2D eigenvalue weighted by molar-refractivity contribution is -0.145. The average Bonchev–Trinajstić information content (AvgIpc) is 3.20. The average molecular weight is 458 g/mol. The summed E-state index contributed by atoms with van der Waals surface area (Å²) in [6.45, 7) is 0.486. The van der Waals surface area contributed by atoms with Gasteiger partial charge in [-0.15, -0.1) is 0 Å². The van der Waals surface area contributed by atoms with Gasteiger partial charge in [0.2, 0.25) is 5.91 Å². The zero-order chi connectivity index (χ0) is 23.8. The molecule has 2 amide bonds. The highest BCUT2D eigenvalue weighted by molar-refractivity contribution is 5.87. The molecule has 0 saturated heterocycles. The molecule has 0 spiro atoms. The van der Waals surface area contributed by atoms with E-state index in [1.807, 2.05) is 48.5 Å². The number of alkyl halides is 2. The van der Waals surface area contributed by atoms with Crippen molar-refractivity contribution in [2.45, 2.75) is 18.8 Å². The monoisotopic (exact) mass is 458 g/mol. The maximum Gasteiger partial charge on any atom is 0.407 e. The number of carboxylic acids is 1. The van der Waals surface area contributed by atoms with Gasteiger partial charge in [0.1, 0.15) is 19.1 Å². The van der Waals surface area contributed by atoms with E-state index in [-0.39, 0.29) is 19.1 Å². The van der Waals surface area contributed by atoms with Crippen LogP contribution in [0, 0.1) is 11.8 Å². The van der Waals surface area contributed by atoms with Gasteiger partial charge < -0.3 is 20.1 Å². The summed E-state index contributed by atoms with van der Waals surface area (Å²) in [7, 11) is 0. The first-order chi connectivity index (χ1) is 15.8. The Labute approximate surface area is 189 Å². The summed E-state index contributed by atoms with van der Waals surface area (Å²) in [6, 6.07) is 15.7. The molecule has 7 nitrogen and oxygen atoms in total. The molecule has 1 fully saturated rings. The van der Waals surface area contributed by atoms with E-state index in [1.165, 1.54) is 6.92 Å². The van der Waals surface area contributed by atoms with Crippen LogP contribution in [0.15, 0.2) is 48.5 Å². The summed E-state index contributed by atoms with van der Waals surface area (Å²) in [4.78, 5) is 36.3. The predicted octanol–water partition coefficient (Wildman–Crippen LogP) is 3.34. The number of hydrogen-bond donors (Lipinski definition) is 2. The maximum absolute atomic E-state index is 14.2. The lowest BCUT2D eigenvalue weighted by Gasteiger charge is -2.18. The number of carbonyl (C=O) groups excluding carboxylic acids is 2. The Morgan fingerprint density at radius 2 is 1.64 bits per heavy atom. The molecule has 2 atom stereocenters. The van der Waals surface area contributed by atoms with Gasteiger partial charge >= 0.3 is 12.1 Å². The number of alkyl carbamates (subject to hydrolysis) is 1. The van der Waals surface area contributed by atoms with Crippen LogP contribution in [0.25, 0.3) is 11.1 Å². The van der Waals surface area contributed by atoms with Crippen LogP contribution in [0.5, 0.6) is 0 Å². The third-order valence-electron chi connectivity index (χ3n) is 6.30. The van der Waals surface area contributed by atoms with Crippen LogP contribution in [0.3, 0.4) is 0 Å². The van der Waals surface area contributed by atoms with E-state index >= 15 is 0 Å². The molecule has 2 N–H and O–H groups in total. The molecule has 2 aromatic rings. The predicted molar refractivity (Wildman–Crippen MR) is 115 cm³/mol. The van der Waals surface area contributed by atoms with E-state index < -0.39 is 48.8 Å². The van der Waals surface area contributed by atoms with Gasteiger partial charge in [-0.05, 0) is 29.2 Å². The van der Waals surface area contributed by atoms with E-state index in [4.69, 9.17) is 9.84 Å². The fourth-order valence-corrected chi connectivity index (χ4v) is 4.53. The smallest absolute Gasteiger partial charge is 0.407 e. The third-order valence-corrected chi connectivity index (χ3v) is 6.30. The zero-order valence-electron chi connectivity index (χ0n) is 18.0. The van der Waals surface area contributed by atoms with Gasteiger partial charge in [-0.1, -0.05) is 48.5 Å². The molecule has 2 aromatic carbocycles. The number of fused-ring (bicyclic) bond motifs is 3. The number of nitrogens with one attached hydrogen (secondary N) is 1. The van der Waals surface area contributed by atoms with Crippen LogP contribution in [0.2, 0.25) is 0 Å². The molecule has 9 heteroatoms. The van der Waals surface area contributed by atoms with Crippen LogP contribution in [-0.2, 0) is 14.3 Å². The number of halogens is 2. The Balaban J connectivity index is 1.33. The molecule has 2 aliphatic rings. The Kier molecular flexibility index (Phi) is 6.05. The van der Waals surface area contributed by atoms with E-state index in [0.717, 1.165) is 27.2 Å². The van der Waals surface area contributed by atoms with E-state index in [1.54, 1.807) is 0 Å². The molecule has 4 rings (SSSR count). The molecule has 0 radical (unpaired) electrons. The van der Waals surface area contributed by atoms with Crippen molar-refractivity contribution >= 4 is 18.0 Å². The molecule has 0 heterocycles. The molecule has 174 valence electrons. The quantitative estimate of drug-likeness (QED) is 0.633. The first-order valence-electron chi connectivity index (χ1n) is 10.7. The fraction of sp³-hybridized carbons (Fsp3) is 0.375. The summed E-state index contributed by atoms with van der Waals surface area (Å²) < 4.78 is 33.7. The molecule has 1 saturated carbocycles. The summed E-state index contributed by atoms with van der Waals surface area (Å²) in [5, 5.41) is 11.2. The second-order valence-corrected chi connectivity index (χ2v) is 8.21. The van der Waals surface area contributed by atoms with Gasteiger partial charge in [-0.3, -0.25) is 9.59 Å². The van der Waals surface area contributed by atoms with Gasteiger partial charge in [0.25, 0.3) is 5.92 Å². The topological polar surface area (TPSA) is 95.9 Å². The van der Waals surface area contributed by atoms with Gasteiger partial charge in [0, 0.05) is 19.0 Å². The number of rotatable bonds is 8. The highest BCUT2D eigenvalue weighted by atomic mass is 19.3. The Morgan fingerprint density at radius 1 is 1.06 bits per heavy atom. The first kappa shape index (κ1) is 22.7. The molecular formula is C24H24F2N2O5. The Bertz CT molecular complexity index is 1040. The third kappa shape index (κ3) is 4.27. The lowest BCUT2D eigenvalue weighted by Crippen LogP contribution is -2.38. The standard InChI is InChI=1S/C24H24F2N2O5/c1-2-28(12-20(29)30)22(31)21-19(24(21,25)26)11-27-23(32)33-13-18-16-9-5-3-7-14(16)15-8-4-6-10-17(15)18/h3-10,18-19,21H,2,11-13H2,1H3,(H,27,32)(H,29,30)/t19-,21-/m0/s1. The molecule has 0 aliphatic heterocycles. The number of carbonyl (C=O) groups is 3. The molecule has 33 heavy (non-hydrogen) atoms. The van der Waals surface area contributed by atoms with Crippen LogP contribution < -0.4 is 5.32 Å². The van der Waals surface area contributed by atoms with Crippen LogP contribution in [0.4, 0.5) is 13.6 Å². The number of likely N-dealkylation sites (N-methyl/N-ethyl adjacent to an activating group) is 1. The van der Waals surface area contributed by atoms with Gasteiger partial charge in [0.05, 0.1) is 5.92 Å². The molecule has 0 bridgehead atoms. The number of benzene rings is 2. The normalized spacial score (nSPS) is 19.8.